The number of amides is 1. The summed E-state index contributed by atoms with van der Waals surface area (Å²) in [6, 6.07) is 8.43. The Labute approximate surface area is 137 Å². The van der Waals surface area contributed by atoms with Crippen molar-refractivity contribution < 1.29 is 4.79 Å². The van der Waals surface area contributed by atoms with E-state index >= 15 is 0 Å². The number of carbonyl (C=O) groups is 1. The lowest BCUT2D eigenvalue weighted by Gasteiger charge is -2.32. The van der Waals surface area contributed by atoms with Crippen molar-refractivity contribution in [2.24, 2.45) is 5.92 Å². The predicted octanol–water partition coefficient (Wildman–Crippen LogP) is 2.98. The van der Waals surface area contributed by atoms with E-state index in [1.54, 1.807) is 0 Å². The van der Waals surface area contributed by atoms with E-state index < -0.39 is 0 Å². The molecule has 0 aliphatic carbocycles. The Bertz CT molecular complexity index is 727. The molecule has 0 unspecified atom stereocenters. The highest BCUT2D eigenvalue weighted by molar-refractivity contribution is 5.94. The molecule has 1 aliphatic rings. The van der Waals surface area contributed by atoms with Crippen LogP contribution in [0.3, 0.4) is 0 Å². The van der Waals surface area contributed by atoms with E-state index in [1.165, 1.54) is 16.5 Å². The molecule has 2 heterocycles. The van der Waals surface area contributed by atoms with E-state index in [2.05, 4.69) is 47.3 Å². The maximum atomic E-state index is 12.7. The predicted molar refractivity (Wildman–Crippen MR) is 95.2 cm³/mol. The van der Waals surface area contributed by atoms with Crippen LogP contribution in [0.4, 0.5) is 0 Å². The summed E-state index contributed by atoms with van der Waals surface area (Å²) in [6.07, 6.45) is 4.15. The van der Waals surface area contributed by atoms with E-state index in [-0.39, 0.29) is 11.8 Å². The van der Waals surface area contributed by atoms with Crippen molar-refractivity contribution >= 4 is 22.4 Å². The highest BCUT2D eigenvalue weighted by Crippen LogP contribution is 2.29. The number of carbonyl (C=O) groups excluding carboxylic acids is 1. The van der Waals surface area contributed by atoms with Crippen LogP contribution in [-0.4, -0.2) is 53.9 Å². The summed E-state index contributed by atoms with van der Waals surface area (Å²) in [5.74, 6) is 0.179. The first-order valence-corrected chi connectivity index (χ1v) is 8.38. The summed E-state index contributed by atoms with van der Waals surface area (Å²) >= 11 is 0. The number of hydrogen-bond donors (Lipinski definition) is 1. The molecule has 1 N–H and O–H groups in total. The lowest BCUT2D eigenvalue weighted by molar-refractivity contribution is -0.134. The largest absolute Gasteiger partial charge is 0.361 e. The van der Waals surface area contributed by atoms with Crippen LogP contribution in [-0.2, 0) is 4.79 Å². The van der Waals surface area contributed by atoms with Crippen LogP contribution in [0, 0.1) is 5.92 Å². The average Bonchev–Trinajstić information content (AvgIpc) is 3.03. The number of nitrogens with zero attached hydrogens (tertiary/aromatic N) is 2. The summed E-state index contributed by atoms with van der Waals surface area (Å²) < 4.78 is 0. The number of hydrogen-bond acceptors (Lipinski definition) is 2. The van der Waals surface area contributed by atoms with E-state index in [0.717, 1.165) is 31.7 Å². The molecule has 23 heavy (non-hydrogen) atoms. The molecule has 4 nitrogen and oxygen atoms in total. The van der Waals surface area contributed by atoms with Gasteiger partial charge in [-0.3, -0.25) is 4.79 Å². The molecule has 1 aliphatic heterocycles. The minimum absolute atomic E-state index is 0.0575. The van der Waals surface area contributed by atoms with E-state index in [4.69, 9.17) is 0 Å². The number of benzene rings is 1. The van der Waals surface area contributed by atoms with Crippen molar-refractivity contribution in [3.63, 3.8) is 0 Å². The fourth-order valence-corrected chi connectivity index (χ4v) is 3.50. The third-order valence-electron chi connectivity index (χ3n) is 4.68. The second-order valence-electron chi connectivity index (χ2n) is 6.25. The van der Waals surface area contributed by atoms with E-state index in [0.29, 0.717) is 0 Å². The quantitative estimate of drug-likeness (QED) is 0.943. The van der Waals surface area contributed by atoms with Gasteiger partial charge < -0.3 is 14.8 Å². The van der Waals surface area contributed by atoms with Crippen molar-refractivity contribution in [3.8, 4) is 0 Å². The summed E-state index contributed by atoms with van der Waals surface area (Å²) in [5, 5.41) is 1.23. The van der Waals surface area contributed by atoms with Gasteiger partial charge in [0.2, 0.25) is 5.91 Å². The Morgan fingerprint density at radius 3 is 2.83 bits per heavy atom. The SMILES string of the molecule is CCN(CC)C(=O)[C@H]1C=C(c2cccc3[nH]ccc23)CN(C)C1. The summed E-state index contributed by atoms with van der Waals surface area (Å²) in [7, 11) is 2.09. The van der Waals surface area contributed by atoms with E-state index in [9.17, 15) is 4.79 Å². The summed E-state index contributed by atoms with van der Waals surface area (Å²) in [5.41, 5.74) is 3.62. The highest BCUT2D eigenvalue weighted by atomic mass is 16.2. The van der Waals surface area contributed by atoms with Gasteiger partial charge in [-0.05, 0) is 44.2 Å². The Morgan fingerprint density at radius 2 is 2.09 bits per heavy atom. The summed E-state index contributed by atoms with van der Waals surface area (Å²) in [4.78, 5) is 20.2. The first kappa shape index (κ1) is 15.8. The number of H-pyrrole nitrogens is 1. The summed E-state index contributed by atoms with van der Waals surface area (Å²) in [6.45, 7) is 7.30. The van der Waals surface area contributed by atoms with Gasteiger partial charge >= 0.3 is 0 Å². The van der Waals surface area contributed by atoms with Crippen molar-refractivity contribution in [1.29, 1.82) is 0 Å². The number of nitrogens with one attached hydrogen (secondary N) is 1. The van der Waals surface area contributed by atoms with Gasteiger partial charge in [0, 0.05) is 43.3 Å². The van der Waals surface area contributed by atoms with Gasteiger partial charge in [-0.2, -0.15) is 0 Å². The van der Waals surface area contributed by atoms with Crippen LogP contribution >= 0.6 is 0 Å². The number of aromatic nitrogens is 1. The molecule has 1 amide bonds. The molecule has 122 valence electrons. The monoisotopic (exact) mass is 311 g/mol. The second kappa shape index (κ2) is 6.59. The molecule has 0 saturated heterocycles. The zero-order chi connectivity index (χ0) is 16.4. The van der Waals surface area contributed by atoms with Crippen LogP contribution in [0.15, 0.2) is 36.5 Å². The molecule has 1 aromatic carbocycles. The molecule has 0 saturated carbocycles. The van der Waals surface area contributed by atoms with Gasteiger partial charge in [-0.25, -0.2) is 0 Å². The molecule has 2 aromatic rings. The molecule has 4 heteroatoms. The van der Waals surface area contributed by atoms with E-state index in [1.807, 2.05) is 24.9 Å². The minimum Gasteiger partial charge on any atom is -0.361 e. The lowest BCUT2D eigenvalue weighted by Crippen LogP contribution is -2.42. The van der Waals surface area contributed by atoms with Crippen molar-refractivity contribution in [1.82, 2.24) is 14.8 Å². The number of likely N-dealkylation sites (N-methyl/N-ethyl adjacent to an activating group) is 1. The third-order valence-corrected chi connectivity index (χ3v) is 4.68. The van der Waals surface area contributed by atoms with Gasteiger partial charge in [-0.15, -0.1) is 0 Å². The molecule has 1 atom stereocenters. The fourth-order valence-electron chi connectivity index (χ4n) is 3.50. The molecule has 3 rings (SSSR count). The van der Waals surface area contributed by atoms with Gasteiger partial charge in [-0.1, -0.05) is 18.2 Å². The van der Waals surface area contributed by atoms with Crippen LogP contribution in [0.1, 0.15) is 19.4 Å². The minimum atomic E-state index is -0.0575. The van der Waals surface area contributed by atoms with Gasteiger partial charge in [0.05, 0.1) is 5.92 Å². The Hall–Kier alpha value is -2.07. The second-order valence-corrected chi connectivity index (χ2v) is 6.25. The maximum Gasteiger partial charge on any atom is 0.230 e. The fraction of sp³-hybridized carbons (Fsp3) is 0.421. The normalized spacial score (nSPS) is 18.9. The molecule has 0 spiro atoms. The molecule has 0 fully saturated rings. The molecule has 1 aromatic heterocycles. The first-order chi connectivity index (χ1) is 11.1. The standard InChI is InChI=1S/C19H25N3O/c1-4-22(5-2)19(23)15-11-14(12-21(3)13-15)16-7-6-8-18-17(16)9-10-20-18/h6-11,15,20H,4-5,12-13H2,1-3H3/t15-/m0/s1. The van der Waals surface area contributed by atoms with Crippen LogP contribution in [0.25, 0.3) is 16.5 Å². The van der Waals surface area contributed by atoms with Crippen LogP contribution in [0.5, 0.6) is 0 Å². The number of aromatic amines is 1. The van der Waals surface area contributed by atoms with Gasteiger partial charge in [0.25, 0.3) is 0 Å². The van der Waals surface area contributed by atoms with Crippen LogP contribution < -0.4 is 0 Å². The van der Waals surface area contributed by atoms with Crippen molar-refractivity contribution in [3.05, 3.63) is 42.1 Å². The maximum absolute atomic E-state index is 12.7. The van der Waals surface area contributed by atoms with Crippen molar-refractivity contribution in [2.75, 3.05) is 33.2 Å². The topological polar surface area (TPSA) is 39.3 Å². The molecule has 0 radical (unpaired) electrons. The Balaban J connectivity index is 1.98. The zero-order valence-corrected chi connectivity index (χ0v) is 14.2. The van der Waals surface area contributed by atoms with Gasteiger partial charge in [0.15, 0.2) is 0 Å². The average molecular weight is 311 g/mol. The van der Waals surface area contributed by atoms with Crippen molar-refractivity contribution in [2.45, 2.75) is 13.8 Å². The number of fused-ring (bicyclic) bond motifs is 1. The first-order valence-electron chi connectivity index (χ1n) is 8.38. The number of rotatable bonds is 4. The smallest absolute Gasteiger partial charge is 0.230 e. The Kier molecular flexibility index (Phi) is 4.53. The third kappa shape index (κ3) is 3.04. The molecular weight excluding hydrogens is 286 g/mol. The van der Waals surface area contributed by atoms with Crippen LogP contribution in [0.2, 0.25) is 0 Å². The highest BCUT2D eigenvalue weighted by Gasteiger charge is 2.27. The lowest BCUT2D eigenvalue weighted by atomic mass is 9.92. The zero-order valence-electron chi connectivity index (χ0n) is 14.2. The molecular formula is C19H25N3O. The molecule has 0 bridgehead atoms. The Morgan fingerprint density at radius 1 is 1.30 bits per heavy atom. The van der Waals surface area contributed by atoms with Gasteiger partial charge in [0.1, 0.15) is 0 Å².